The van der Waals surface area contributed by atoms with Crippen molar-refractivity contribution >= 4 is 22.8 Å². The van der Waals surface area contributed by atoms with Crippen LogP contribution >= 0.6 is 0 Å². The molecule has 3 aromatic heterocycles. The molecule has 0 saturated carbocycles. The molecule has 0 bridgehead atoms. The fourth-order valence-corrected chi connectivity index (χ4v) is 3.48. The van der Waals surface area contributed by atoms with Crippen molar-refractivity contribution in [1.82, 2.24) is 25.5 Å². The summed E-state index contributed by atoms with van der Waals surface area (Å²) in [5.41, 5.74) is 4.58. The number of fused-ring (bicyclic) bond motifs is 1. The lowest BCUT2D eigenvalue weighted by Gasteiger charge is -2.18. The van der Waals surface area contributed by atoms with Gasteiger partial charge in [0.15, 0.2) is 0 Å². The Morgan fingerprint density at radius 3 is 2.77 bits per heavy atom. The molecule has 8 heteroatoms. The molecule has 1 aromatic carbocycles. The Bertz CT molecular complexity index is 1180. The summed E-state index contributed by atoms with van der Waals surface area (Å²) >= 11 is 0. The first kappa shape index (κ1) is 20.5. The molecule has 1 atom stereocenters. The van der Waals surface area contributed by atoms with Crippen LogP contribution in [-0.4, -0.2) is 46.0 Å². The largest absolute Gasteiger partial charge is 0.383 e. The average molecular weight is 416 g/mol. The quantitative estimate of drug-likeness (QED) is 0.426. The molecule has 3 heterocycles. The average Bonchev–Trinajstić information content (AvgIpc) is 3.18. The Hall–Kier alpha value is -3.78. The Morgan fingerprint density at radius 2 is 2.00 bits per heavy atom. The lowest BCUT2D eigenvalue weighted by molar-refractivity contribution is 0.167. The molecule has 0 unspecified atom stereocenters. The van der Waals surface area contributed by atoms with E-state index in [-0.39, 0.29) is 12.1 Å². The van der Waals surface area contributed by atoms with Crippen LogP contribution in [0.3, 0.4) is 0 Å². The van der Waals surface area contributed by atoms with Crippen molar-refractivity contribution in [3.05, 3.63) is 72.2 Å². The van der Waals surface area contributed by atoms with E-state index in [1.807, 2.05) is 49.4 Å². The zero-order valence-corrected chi connectivity index (χ0v) is 17.4. The van der Waals surface area contributed by atoms with E-state index in [9.17, 15) is 4.79 Å². The third-order valence-electron chi connectivity index (χ3n) is 4.89. The van der Waals surface area contributed by atoms with Gasteiger partial charge in [0.05, 0.1) is 18.2 Å². The SMILES string of the molecule is COC[C@H](Cc1ccccc1)NC(=O)Nc1cc2[nH]nc(-c3ccnc(C)c3)c2cn1. The summed E-state index contributed by atoms with van der Waals surface area (Å²) in [6.45, 7) is 2.34. The van der Waals surface area contributed by atoms with Crippen LogP contribution in [0.15, 0.2) is 60.9 Å². The van der Waals surface area contributed by atoms with Gasteiger partial charge in [0, 0.05) is 42.2 Å². The summed E-state index contributed by atoms with van der Waals surface area (Å²) < 4.78 is 5.26. The van der Waals surface area contributed by atoms with E-state index in [0.29, 0.717) is 18.8 Å². The second-order valence-electron chi connectivity index (χ2n) is 7.31. The number of carbonyl (C=O) groups excluding carboxylic acids is 1. The number of pyridine rings is 2. The summed E-state index contributed by atoms with van der Waals surface area (Å²) in [6.07, 6.45) is 4.13. The number of methoxy groups -OCH3 is 1. The van der Waals surface area contributed by atoms with Crippen molar-refractivity contribution in [2.24, 2.45) is 0 Å². The van der Waals surface area contributed by atoms with Gasteiger partial charge in [-0.25, -0.2) is 9.78 Å². The van der Waals surface area contributed by atoms with Gasteiger partial charge in [0.2, 0.25) is 0 Å². The number of carbonyl (C=O) groups is 1. The molecule has 3 N–H and O–H groups in total. The molecule has 0 aliphatic rings. The minimum atomic E-state index is -0.339. The number of hydrogen-bond acceptors (Lipinski definition) is 5. The van der Waals surface area contributed by atoms with Crippen LogP contribution in [0, 0.1) is 6.92 Å². The topological polar surface area (TPSA) is 105 Å². The van der Waals surface area contributed by atoms with Crippen LogP contribution in [0.4, 0.5) is 10.6 Å². The minimum Gasteiger partial charge on any atom is -0.383 e. The van der Waals surface area contributed by atoms with Gasteiger partial charge in [0.25, 0.3) is 0 Å². The maximum absolute atomic E-state index is 12.5. The molecule has 0 aliphatic carbocycles. The number of urea groups is 1. The van der Waals surface area contributed by atoms with Gasteiger partial charge in [-0.2, -0.15) is 5.10 Å². The molecule has 0 fully saturated rings. The minimum absolute atomic E-state index is 0.162. The van der Waals surface area contributed by atoms with Gasteiger partial charge in [-0.05, 0) is 31.0 Å². The summed E-state index contributed by atoms with van der Waals surface area (Å²) in [7, 11) is 1.62. The molecule has 0 aliphatic heterocycles. The van der Waals surface area contributed by atoms with Crippen molar-refractivity contribution in [1.29, 1.82) is 0 Å². The normalized spacial score (nSPS) is 11.9. The van der Waals surface area contributed by atoms with E-state index < -0.39 is 0 Å². The van der Waals surface area contributed by atoms with E-state index in [4.69, 9.17) is 4.74 Å². The number of aromatic nitrogens is 4. The Labute approximate surface area is 180 Å². The van der Waals surface area contributed by atoms with Crippen LogP contribution in [0.1, 0.15) is 11.3 Å². The number of amides is 2. The maximum atomic E-state index is 12.5. The number of H-pyrrole nitrogens is 1. The summed E-state index contributed by atoms with van der Waals surface area (Å²) in [6, 6.07) is 15.1. The van der Waals surface area contributed by atoms with E-state index in [1.54, 1.807) is 25.6 Å². The van der Waals surface area contributed by atoms with E-state index in [2.05, 4.69) is 30.8 Å². The zero-order valence-electron chi connectivity index (χ0n) is 17.4. The molecule has 31 heavy (non-hydrogen) atoms. The molecular weight excluding hydrogens is 392 g/mol. The van der Waals surface area contributed by atoms with Gasteiger partial charge in [0.1, 0.15) is 11.5 Å². The summed E-state index contributed by atoms with van der Waals surface area (Å²) in [4.78, 5) is 21.1. The third kappa shape index (κ3) is 5.04. The molecule has 8 nitrogen and oxygen atoms in total. The number of nitrogens with one attached hydrogen (secondary N) is 3. The first-order valence-corrected chi connectivity index (χ1v) is 10.00. The number of aryl methyl sites for hydroxylation is 1. The van der Waals surface area contributed by atoms with Gasteiger partial charge in [-0.3, -0.25) is 15.4 Å². The van der Waals surface area contributed by atoms with Gasteiger partial charge in [-0.1, -0.05) is 30.3 Å². The van der Waals surface area contributed by atoms with Gasteiger partial charge in [-0.15, -0.1) is 0 Å². The first-order valence-electron chi connectivity index (χ1n) is 10.00. The number of aromatic amines is 1. The highest BCUT2D eigenvalue weighted by Gasteiger charge is 2.15. The Morgan fingerprint density at radius 1 is 1.16 bits per heavy atom. The number of rotatable bonds is 7. The highest BCUT2D eigenvalue weighted by atomic mass is 16.5. The molecule has 4 rings (SSSR count). The highest BCUT2D eigenvalue weighted by Crippen LogP contribution is 2.26. The number of ether oxygens (including phenoxy) is 1. The van der Waals surface area contributed by atoms with Crippen molar-refractivity contribution in [3.63, 3.8) is 0 Å². The number of nitrogens with zero attached hydrogens (tertiary/aromatic N) is 3. The summed E-state index contributed by atoms with van der Waals surface area (Å²) in [5.74, 6) is 0.432. The second kappa shape index (κ2) is 9.36. The molecule has 0 radical (unpaired) electrons. The first-order chi connectivity index (χ1) is 15.1. The predicted molar refractivity (Wildman–Crippen MR) is 120 cm³/mol. The van der Waals surface area contributed by atoms with Crippen LogP contribution < -0.4 is 10.6 Å². The number of hydrogen-bond donors (Lipinski definition) is 3. The zero-order chi connectivity index (χ0) is 21.6. The fourth-order valence-electron chi connectivity index (χ4n) is 3.48. The smallest absolute Gasteiger partial charge is 0.320 e. The van der Waals surface area contributed by atoms with Crippen LogP contribution in [-0.2, 0) is 11.2 Å². The number of anilines is 1. The Balaban J connectivity index is 1.45. The lowest BCUT2D eigenvalue weighted by Crippen LogP contribution is -2.42. The molecule has 4 aromatic rings. The van der Waals surface area contributed by atoms with Gasteiger partial charge < -0.3 is 10.1 Å². The van der Waals surface area contributed by atoms with Gasteiger partial charge >= 0.3 is 6.03 Å². The van der Waals surface area contributed by atoms with E-state index >= 15 is 0 Å². The molecule has 2 amide bonds. The number of benzene rings is 1. The van der Waals surface area contributed by atoms with Crippen LogP contribution in [0.5, 0.6) is 0 Å². The van der Waals surface area contributed by atoms with Crippen molar-refractivity contribution < 1.29 is 9.53 Å². The highest BCUT2D eigenvalue weighted by molar-refractivity contribution is 5.95. The van der Waals surface area contributed by atoms with E-state index in [1.165, 1.54) is 0 Å². The summed E-state index contributed by atoms with van der Waals surface area (Å²) in [5, 5.41) is 14.0. The molecular formula is C23H24N6O2. The van der Waals surface area contributed by atoms with E-state index in [0.717, 1.165) is 33.4 Å². The second-order valence-corrected chi connectivity index (χ2v) is 7.31. The fraction of sp³-hybridized carbons (Fsp3) is 0.217. The predicted octanol–water partition coefficient (Wildman–Crippen LogP) is 3.71. The molecule has 0 spiro atoms. The molecule has 0 saturated heterocycles. The van der Waals surface area contributed by atoms with Crippen LogP contribution in [0.2, 0.25) is 0 Å². The Kier molecular flexibility index (Phi) is 6.18. The third-order valence-corrected chi connectivity index (χ3v) is 4.89. The maximum Gasteiger partial charge on any atom is 0.320 e. The van der Waals surface area contributed by atoms with Crippen LogP contribution in [0.25, 0.3) is 22.2 Å². The van der Waals surface area contributed by atoms with Crippen molar-refractivity contribution in [2.45, 2.75) is 19.4 Å². The molecule has 158 valence electrons. The monoisotopic (exact) mass is 416 g/mol. The van der Waals surface area contributed by atoms with Crippen molar-refractivity contribution in [3.8, 4) is 11.3 Å². The lowest BCUT2D eigenvalue weighted by atomic mass is 10.1. The van der Waals surface area contributed by atoms with Crippen molar-refractivity contribution in [2.75, 3.05) is 19.0 Å². The standard InChI is InChI=1S/C23H24N6O2/c1-15-10-17(8-9-24-15)22-19-13-25-21(12-20(19)28-29-22)27-23(30)26-18(14-31-2)11-16-6-4-3-5-7-16/h3-10,12-13,18H,11,14H2,1-2H3,(H,28,29)(H2,25,26,27,30)/t18-/m0/s1.